The zero-order valence-electron chi connectivity index (χ0n) is 9.41. The number of imidazole rings is 1. The fourth-order valence-corrected chi connectivity index (χ4v) is 2.43. The van der Waals surface area contributed by atoms with Gasteiger partial charge in [-0.05, 0) is 31.9 Å². The Labute approximate surface area is 94.1 Å². The molecule has 2 aromatic rings. The number of hydrogen-bond donors (Lipinski definition) is 0. The highest BCUT2D eigenvalue weighted by molar-refractivity contribution is 5.76. The standard InChI is InChI=1S/C13H15FN2/c1-2-16-12-7-6-10(14)8-11(12)15-13(16)9-4-3-5-9/h6-9H,2-5H2,1H3. The van der Waals surface area contributed by atoms with Gasteiger partial charge in [0.15, 0.2) is 0 Å². The van der Waals surface area contributed by atoms with Crippen LogP contribution in [0.5, 0.6) is 0 Å². The molecule has 0 bridgehead atoms. The van der Waals surface area contributed by atoms with Crippen molar-refractivity contribution in [3.63, 3.8) is 0 Å². The van der Waals surface area contributed by atoms with Crippen molar-refractivity contribution < 1.29 is 4.39 Å². The van der Waals surface area contributed by atoms with E-state index in [2.05, 4.69) is 16.5 Å². The molecule has 1 fully saturated rings. The molecule has 0 amide bonds. The predicted octanol–water partition coefficient (Wildman–Crippen LogP) is 3.46. The second-order valence-corrected chi connectivity index (χ2v) is 4.48. The molecule has 3 rings (SSSR count). The van der Waals surface area contributed by atoms with Crippen LogP contribution in [0.3, 0.4) is 0 Å². The summed E-state index contributed by atoms with van der Waals surface area (Å²) in [7, 11) is 0. The molecule has 0 atom stereocenters. The van der Waals surface area contributed by atoms with E-state index in [1.165, 1.54) is 31.4 Å². The van der Waals surface area contributed by atoms with Gasteiger partial charge < -0.3 is 4.57 Å². The lowest BCUT2D eigenvalue weighted by Crippen LogP contribution is -2.14. The molecule has 1 aromatic heterocycles. The van der Waals surface area contributed by atoms with E-state index in [4.69, 9.17) is 0 Å². The number of halogens is 1. The van der Waals surface area contributed by atoms with Gasteiger partial charge in [0.1, 0.15) is 11.6 Å². The maximum atomic E-state index is 13.1. The molecule has 1 saturated carbocycles. The first-order valence-electron chi connectivity index (χ1n) is 5.95. The average Bonchev–Trinajstić information content (AvgIpc) is 2.52. The fraction of sp³-hybridized carbons (Fsp3) is 0.462. The van der Waals surface area contributed by atoms with Crippen molar-refractivity contribution in [3.05, 3.63) is 29.8 Å². The Hall–Kier alpha value is -1.38. The summed E-state index contributed by atoms with van der Waals surface area (Å²) in [5.74, 6) is 1.54. The first-order valence-corrected chi connectivity index (χ1v) is 5.95. The molecule has 0 spiro atoms. The molecule has 1 heterocycles. The van der Waals surface area contributed by atoms with Crippen LogP contribution >= 0.6 is 0 Å². The number of aryl methyl sites for hydroxylation is 1. The molecular formula is C13H15FN2. The molecule has 0 saturated heterocycles. The molecule has 16 heavy (non-hydrogen) atoms. The summed E-state index contributed by atoms with van der Waals surface area (Å²) in [6.45, 7) is 3.03. The third kappa shape index (κ3) is 1.34. The number of benzene rings is 1. The Balaban J connectivity index is 2.19. The van der Waals surface area contributed by atoms with Crippen molar-refractivity contribution in [2.24, 2.45) is 0 Å². The van der Waals surface area contributed by atoms with E-state index >= 15 is 0 Å². The SMILES string of the molecule is CCn1c(C2CCC2)nc2cc(F)ccc21. The van der Waals surface area contributed by atoms with Crippen molar-refractivity contribution in [1.29, 1.82) is 0 Å². The highest BCUT2D eigenvalue weighted by atomic mass is 19.1. The maximum absolute atomic E-state index is 13.1. The lowest BCUT2D eigenvalue weighted by atomic mass is 9.85. The number of fused-ring (bicyclic) bond motifs is 1. The topological polar surface area (TPSA) is 17.8 Å². The van der Waals surface area contributed by atoms with E-state index in [1.54, 1.807) is 0 Å². The van der Waals surface area contributed by atoms with Crippen LogP contribution in [0.25, 0.3) is 11.0 Å². The number of rotatable bonds is 2. The quantitative estimate of drug-likeness (QED) is 0.754. The second-order valence-electron chi connectivity index (χ2n) is 4.48. The molecule has 1 aromatic carbocycles. The molecule has 1 aliphatic carbocycles. The van der Waals surface area contributed by atoms with Crippen molar-refractivity contribution in [3.8, 4) is 0 Å². The Bertz CT molecular complexity index is 526. The Morgan fingerprint density at radius 3 is 2.88 bits per heavy atom. The van der Waals surface area contributed by atoms with Gasteiger partial charge >= 0.3 is 0 Å². The number of aromatic nitrogens is 2. The van der Waals surface area contributed by atoms with Crippen LogP contribution < -0.4 is 0 Å². The molecule has 0 unspecified atom stereocenters. The van der Waals surface area contributed by atoms with Crippen molar-refractivity contribution in [1.82, 2.24) is 9.55 Å². The molecule has 0 N–H and O–H groups in total. The van der Waals surface area contributed by atoms with Gasteiger partial charge in [0.05, 0.1) is 11.0 Å². The van der Waals surface area contributed by atoms with E-state index in [0.717, 1.165) is 23.4 Å². The van der Waals surface area contributed by atoms with E-state index in [9.17, 15) is 4.39 Å². The summed E-state index contributed by atoms with van der Waals surface area (Å²) in [4.78, 5) is 4.59. The molecule has 2 nitrogen and oxygen atoms in total. The molecule has 3 heteroatoms. The Morgan fingerprint density at radius 1 is 1.44 bits per heavy atom. The zero-order chi connectivity index (χ0) is 11.1. The largest absolute Gasteiger partial charge is 0.328 e. The van der Waals surface area contributed by atoms with Crippen LogP contribution in [0.2, 0.25) is 0 Å². The van der Waals surface area contributed by atoms with Crippen LogP contribution in [-0.4, -0.2) is 9.55 Å². The predicted molar refractivity (Wildman–Crippen MR) is 62.0 cm³/mol. The lowest BCUT2D eigenvalue weighted by molar-refractivity contribution is 0.390. The number of hydrogen-bond acceptors (Lipinski definition) is 1. The molecule has 1 aliphatic rings. The zero-order valence-corrected chi connectivity index (χ0v) is 9.41. The molecule has 0 radical (unpaired) electrons. The normalized spacial score (nSPS) is 16.6. The molecular weight excluding hydrogens is 203 g/mol. The minimum atomic E-state index is -0.201. The first kappa shape index (κ1) is 9.82. The second kappa shape index (κ2) is 3.58. The summed E-state index contributed by atoms with van der Waals surface area (Å²) >= 11 is 0. The first-order chi connectivity index (χ1) is 7.79. The lowest BCUT2D eigenvalue weighted by Gasteiger charge is -2.25. The van der Waals surface area contributed by atoms with Gasteiger partial charge in [-0.1, -0.05) is 6.42 Å². The van der Waals surface area contributed by atoms with Crippen LogP contribution in [0.15, 0.2) is 18.2 Å². The summed E-state index contributed by atoms with van der Waals surface area (Å²) in [5, 5.41) is 0. The van der Waals surface area contributed by atoms with Gasteiger partial charge in [-0.25, -0.2) is 9.37 Å². The minimum Gasteiger partial charge on any atom is -0.328 e. The van der Waals surface area contributed by atoms with Gasteiger partial charge in [-0.3, -0.25) is 0 Å². The summed E-state index contributed by atoms with van der Waals surface area (Å²) < 4.78 is 15.4. The van der Waals surface area contributed by atoms with E-state index in [0.29, 0.717) is 5.92 Å². The van der Waals surface area contributed by atoms with Crippen molar-refractivity contribution in [2.75, 3.05) is 0 Å². The van der Waals surface area contributed by atoms with Crippen LogP contribution in [0.1, 0.15) is 37.9 Å². The Morgan fingerprint density at radius 2 is 2.25 bits per heavy atom. The maximum Gasteiger partial charge on any atom is 0.125 e. The van der Waals surface area contributed by atoms with Gasteiger partial charge in [0, 0.05) is 18.5 Å². The summed E-state index contributed by atoms with van der Waals surface area (Å²) in [6.07, 6.45) is 3.75. The van der Waals surface area contributed by atoms with Crippen molar-refractivity contribution >= 4 is 11.0 Å². The van der Waals surface area contributed by atoms with E-state index in [1.807, 2.05) is 6.07 Å². The van der Waals surface area contributed by atoms with Gasteiger partial charge in [-0.15, -0.1) is 0 Å². The van der Waals surface area contributed by atoms with Gasteiger partial charge in [0.25, 0.3) is 0 Å². The highest BCUT2D eigenvalue weighted by Crippen LogP contribution is 2.37. The van der Waals surface area contributed by atoms with Crippen LogP contribution in [0.4, 0.5) is 4.39 Å². The third-order valence-corrected chi connectivity index (χ3v) is 3.53. The smallest absolute Gasteiger partial charge is 0.125 e. The summed E-state index contributed by atoms with van der Waals surface area (Å²) in [6, 6.07) is 4.88. The number of nitrogens with zero attached hydrogens (tertiary/aromatic N) is 2. The van der Waals surface area contributed by atoms with Gasteiger partial charge in [0.2, 0.25) is 0 Å². The third-order valence-electron chi connectivity index (χ3n) is 3.53. The minimum absolute atomic E-state index is 0.201. The van der Waals surface area contributed by atoms with Gasteiger partial charge in [-0.2, -0.15) is 0 Å². The molecule has 0 aliphatic heterocycles. The molecule has 84 valence electrons. The van der Waals surface area contributed by atoms with Crippen LogP contribution in [0, 0.1) is 5.82 Å². The van der Waals surface area contributed by atoms with E-state index < -0.39 is 0 Å². The highest BCUT2D eigenvalue weighted by Gasteiger charge is 2.25. The average molecular weight is 218 g/mol. The fourth-order valence-electron chi connectivity index (χ4n) is 2.43. The van der Waals surface area contributed by atoms with Crippen molar-refractivity contribution in [2.45, 2.75) is 38.6 Å². The monoisotopic (exact) mass is 218 g/mol. The van der Waals surface area contributed by atoms with E-state index in [-0.39, 0.29) is 5.82 Å². The Kier molecular flexibility index (Phi) is 2.20. The summed E-state index contributed by atoms with van der Waals surface area (Å²) in [5.41, 5.74) is 1.86. The van der Waals surface area contributed by atoms with Crippen LogP contribution in [-0.2, 0) is 6.54 Å².